The molecule has 0 spiro atoms. The van der Waals surface area contributed by atoms with E-state index < -0.39 is 10.0 Å². The first-order valence-corrected chi connectivity index (χ1v) is 10.9. The summed E-state index contributed by atoms with van der Waals surface area (Å²) < 4.78 is 47.3. The van der Waals surface area contributed by atoms with Crippen LogP contribution in [0.15, 0.2) is 29.2 Å². The summed E-state index contributed by atoms with van der Waals surface area (Å²) in [6.45, 7) is 6.66. The molecular weight excluding hydrogens is 399 g/mol. The topological polar surface area (TPSA) is 84.7 Å². The molecule has 1 aliphatic heterocycles. The molecule has 1 aromatic heterocycles. The number of aromatic nitrogens is 2. The van der Waals surface area contributed by atoms with Gasteiger partial charge in [-0.25, -0.2) is 12.8 Å². The summed E-state index contributed by atoms with van der Waals surface area (Å²) in [5, 5.41) is 4.31. The molecule has 29 heavy (non-hydrogen) atoms. The third-order valence-electron chi connectivity index (χ3n) is 4.92. The van der Waals surface area contributed by atoms with E-state index >= 15 is 0 Å². The van der Waals surface area contributed by atoms with E-state index in [1.165, 1.54) is 38.2 Å². The number of amides is 1. The van der Waals surface area contributed by atoms with E-state index in [1.807, 2.05) is 6.92 Å². The minimum Gasteiger partial charge on any atom is -0.379 e. The van der Waals surface area contributed by atoms with Crippen LogP contribution in [0.3, 0.4) is 0 Å². The van der Waals surface area contributed by atoms with Crippen LogP contribution in [0.1, 0.15) is 18.3 Å². The molecular formula is C19H25FN4O4S. The largest absolute Gasteiger partial charge is 0.379 e. The highest BCUT2D eigenvalue weighted by molar-refractivity contribution is 7.89. The number of carbonyl (C=O) groups is 1. The molecule has 0 radical (unpaired) electrons. The molecule has 0 saturated carbocycles. The maximum Gasteiger partial charge on any atom is 0.248 e. The number of ether oxygens (including phenoxy) is 1. The Bertz CT molecular complexity index is 982. The molecule has 0 N–H and O–H groups in total. The number of sulfonamides is 1. The van der Waals surface area contributed by atoms with Gasteiger partial charge in [-0.1, -0.05) is 0 Å². The first-order chi connectivity index (χ1) is 13.8. The number of halogens is 1. The van der Waals surface area contributed by atoms with E-state index in [4.69, 9.17) is 4.74 Å². The number of hydrogen-bond acceptors (Lipinski definition) is 5. The van der Waals surface area contributed by atoms with Gasteiger partial charge in [-0.15, -0.1) is 0 Å². The van der Waals surface area contributed by atoms with Crippen molar-refractivity contribution in [3.05, 3.63) is 41.5 Å². The van der Waals surface area contributed by atoms with Gasteiger partial charge in [0.15, 0.2) is 0 Å². The second-order valence-electron chi connectivity index (χ2n) is 6.79. The predicted octanol–water partition coefficient (Wildman–Crippen LogP) is 1.71. The predicted molar refractivity (Wildman–Crippen MR) is 106 cm³/mol. The van der Waals surface area contributed by atoms with Crippen molar-refractivity contribution in [3.63, 3.8) is 0 Å². The highest BCUT2D eigenvalue weighted by atomic mass is 32.2. The molecule has 158 valence electrons. The van der Waals surface area contributed by atoms with Crippen molar-refractivity contribution in [1.29, 1.82) is 0 Å². The molecule has 1 amide bonds. The lowest BCUT2D eigenvalue weighted by molar-refractivity contribution is -0.119. The quantitative estimate of drug-likeness (QED) is 0.705. The van der Waals surface area contributed by atoms with E-state index in [0.717, 1.165) is 0 Å². The van der Waals surface area contributed by atoms with Crippen LogP contribution in [0.2, 0.25) is 0 Å². The normalized spacial score (nSPS) is 15.4. The van der Waals surface area contributed by atoms with E-state index in [2.05, 4.69) is 5.10 Å². The van der Waals surface area contributed by atoms with Crippen LogP contribution in [0, 0.1) is 19.7 Å². The SMILES string of the molecule is CCN(C(=O)Cn1nc(C)c(S(=O)(=O)N2CCOCC2)c1C)c1ccc(F)cc1. The Morgan fingerprint density at radius 2 is 1.83 bits per heavy atom. The summed E-state index contributed by atoms with van der Waals surface area (Å²) in [6, 6.07) is 5.65. The van der Waals surface area contributed by atoms with Gasteiger partial charge in [0.05, 0.1) is 24.6 Å². The summed E-state index contributed by atoms with van der Waals surface area (Å²) in [6.07, 6.45) is 0. The molecule has 10 heteroatoms. The van der Waals surface area contributed by atoms with Gasteiger partial charge in [-0.3, -0.25) is 9.48 Å². The van der Waals surface area contributed by atoms with Crippen molar-refractivity contribution in [2.24, 2.45) is 0 Å². The van der Waals surface area contributed by atoms with Gasteiger partial charge in [0, 0.05) is 25.3 Å². The number of anilines is 1. The number of likely N-dealkylation sites (N-methyl/N-ethyl adjacent to an activating group) is 1. The van der Waals surface area contributed by atoms with E-state index in [9.17, 15) is 17.6 Å². The fourth-order valence-electron chi connectivity index (χ4n) is 3.46. The van der Waals surface area contributed by atoms with Crippen LogP contribution in [0.5, 0.6) is 0 Å². The second kappa shape index (κ2) is 8.60. The molecule has 0 atom stereocenters. The standard InChI is InChI=1S/C19H25FN4O4S/c1-4-23(17-7-5-16(20)6-8-17)18(25)13-24-15(3)19(14(2)21-24)29(26,27)22-9-11-28-12-10-22/h5-8H,4,9-13H2,1-3H3. The van der Waals surface area contributed by atoms with Crippen molar-refractivity contribution >= 4 is 21.6 Å². The van der Waals surface area contributed by atoms with Crippen LogP contribution in [-0.2, 0) is 26.1 Å². The molecule has 3 rings (SSSR count). The fourth-order valence-corrected chi connectivity index (χ4v) is 5.24. The third-order valence-corrected chi connectivity index (χ3v) is 7.08. The first kappa shape index (κ1) is 21.4. The maximum atomic E-state index is 13.2. The number of aryl methyl sites for hydroxylation is 1. The summed E-state index contributed by atoms with van der Waals surface area (Å²) in [7, 11) is -3.72. The van der Waals surface area contributed by atoms with Crippen LogP contribution >= 0.6 is 0 Å². The molecule has 1 fully saturated rings. The Hall–Kier alpha value is -2.30. The van der Waals surface area contributed by atoms with Gasteiger partial charge in [-0.2, -0.15) is 9.40 Å². The monoisotopic (exact) mass is 424 g/mol. The summed E-state index contributed by atoms with van der Waals surface area (Å²) in [5.41, 5.74) is 1.34. The van der Waals surface area contributed by atoms with E-state index in [0.29, 0.717) is 49.9 Å². The fraction of sp³-hybridized carbons (Fsp3) is 0.474. The molecule has 0 unspecified atom stereocenters. The van der Waals surface area contributed by atoms with E-state index in [1.54, 1.807) is 13.8 Å². The minimum atomic E-state index is -3.72. The van der Waals surface area contributed by atoms with Gasteiger partial charge in [-0.05, 0) is 45.0 Å². The molecule has 8 nitrogen and oxygen atoms in total. The first-order valence-electron chi connectivity index (χ1n) is 9.43. The maximum absolute atomic E-state index is 13.2. The zero-order chi connectivity index (χ0) is 21.2. The molecule has 0 bridgehead atoms. The van der Waals surface area contributed by atoms with Gasteiger partial charge in [0.1, 0.15) is 17.3 Å². The molecule has 1 aliphatic rings. The Morgan fingerprint density at radius 1 is 1.21 bits per heavy atom. The molecule has 0 aliphatic carbocycles. The average Bonchev–Trinajstić information content (AvgIpc) is 2.98. The number of hydrogen-bond donors (Lipinski definition) is 0. The van der Waals surface area contributed by atoms with E-state index in [-0.39, 0.29) is 23.2 Å². The summed E-state index contributed by atoms with van der Waals surface area (Å²) >= 11 is 0. The Labute approximate surface area is 169 Å². The van der Waals surface area contributed by atoms with Gasteiger partial charge < -0.3 is 9.64 Å². The van der Waals surface area contributed by atoms with Crippen molar-refractivity contribution in [2.75, 3.05) is 37.7 Å². The van der Waals surface area contributed by atoms with Crippen molar-refractivity contribution in [2.45, 2.75) is 32.2 Å². The highest BCUT2D eigenvalue weighted by Gasteiger charge is 2.32. The van der Waals surface area contributed by atoms with Crippen molar-refractivity contribution < 1.29 is 22.3 Å². The number of nitrogens with zero attached hydrogens (tertiary/aromatic N) is 4. The average molecular weight is 424 g/mol. The highest BCUT2D eigenvalue weighted by Crippen LogP contribution is 2.25. The number of rotatable bonds is 6. The minimum absolute atomic E-state index is 0.115. The zero-order valence-corrected chi connectivity index (χ0v) is 17.6. The molecule has 1 aromatic carbocycles. The summed E-state index contributed by atoms with van der Waals surface area (Å²) in [5.74, 6) is -0.645. The Kier molecular flexibility index (Phi) is 6.35. The van der Waals surface area contributed by atoms with Gasteiger partial charge in [0.25, 0.3) is 0 Å². The van der Waals surface area contributed by atoms with Crippen LogP contribution < -0.4 is 4.90 Å². The smallest absolute Gasteiger partial charge is 0.248 e. The van der Waals surface area contributed by atoms with Crippen LogP contribution in [0.25, 0.3) is 0 Å². The van der Waals surface area contributed by atoms with Crippen molar-refractivity contribution in [1.82, 2.24) is 14.1 Å². The Morgan fingerprint density at radius 3 is 2.41 bits per heavy atom. The zero-order valence-electron chi connectivity index (χ0n) is 16.8. The van der Waals surface area contributed by atoms with Gasteiger partial charge >= 0.3 is 0 Å². The lowest BCUT2D eigenvalue weighted by Gasteiger charge is -2.26. The molecule has 2 heterocycles. The lowest BCUT2D eigenvalue weighted by atomic mass is 10.2. The second-order valence-corrected chi connectivity index (χ2v) is 8.66. The summed E-state index contributed by atoms with van der Waals surface area (Å²) in [4.78, 5) is 14.5. The number of morpholine rings is 1. The number of carbonyl (C=O) groups excluding carboxylic acids is 1. The van der Waals surface area contributed by atoms with Crippen LogP contribution in [-0.4, -0.2) is 61.3 Å². The third kappa shape index (κ3) is 4.34. The molecule has 2 aromatic rings. The number of benzene rings is 1. The van der Waals surface area contributed by atoms with Crippen LogP contribution in [0.4, 0.5) is 10.1 Å². The lowest BCUT2D eigenvalue weighted by Crippen LogP contribution is -2.41. The molecule has 1 saturated heterocycles. The van der Waals surface area contributed by atoms with Gasteiger partial charge in [0.2, 0.25) is 15.9 Å². The Balaban J connectivity index is 1.86. The van der Waals surface area contributed by atoms with Crippen molar-refractivity contribution in [3.8, 4) is 0 Å².